The molecule has 12 nitrogen and oxygen atoms in total. The van der Waals surface area contributed by atoms with Crippen molar-refractivity contribution in [2.75, 3.05) is 18.6 Å². The first kappa shape index (κ1) is 24.1. The number of nitrogens with two attached hydrogens (primary N) is 1. The standard InChI is InChI=1S/C19H20N6O6S3/c1-8-11(4-26)34-7-24(8)3-9-5-32-17-13(16(28)25(17)14(9)18(29)30)22-15(27)12(23-31-2)10-6-33-19(20)21-10/h6-7,13,17,26H,3-5H2,1-2H3,(H3-,20,21,22,27,29,30)/b23-12-/t13-,17-/m1/s1. The summed E-state index contributed by atoms with van der Waals surface area (Å²) in [5.74, 6) is -2.41. The second-order valence-electron chi connectivity index (χ2n) is 7.31. The van der Waals surface area contributed by atoms with Gasteiger partial charge in [0.05, 0.1) is 18.3 Å². The van der Waals surface area contributed by atoms with E-state index in [0.29, 0.717) is 11.3 Å². The lowest BCUT2D eigenvalue weighted by Crippen LogP contribution is -2.71. The summed E-state index contributed by atoms with van der Waals surface area (Å²) >= 11 is 3.82. The number of hydrogen-bond donors (Lipinski definition) is 3. The van der Waals surface area contributed by atoms with Crippen LogP contribution in [0.15, 0.2) is 27.3 Å². The predicted octanol–water partition coefficient (Wildman–Crippen LogP) is -1.67. The first-order valence-electron chi connectivity index (χ1n) is 9.85. The molecule has 4 N–H and O–H groups in total. The number of thiazole rings is 2. The van der Waals surface area contributed by atoms with E-state index in [0.717, 1.165) is 26.8 Å². The van der Waals surface area contributed by atoms with Gasteiger partial charge >= 0.3 is 0 Å². The summed E-state index contributed by atoms with van der Waals surface area (Å²) in [5.41, 5.74) is 8.60. The number of carbonyl (C=O) groups excluding carboxylic acids is 3. The minimum absolute atomic E-state index is 0.111. The van der Waals surface area contributed by atoms with E-state index in [1.165, 1.54) is 35.6 Å². The molecule has 0 unspecified atom stereocenters. The summed E-state index contributed by atoms with van der Waals surface area (Å²) in [6.07, 6.45) is 0. The van der Waals surface area contributed by atoms with E-state index >= 15 is 0 Å². The van der Waals surface area contributed by atoms with Crippen molar-refractivity contribution in [1.29, 1.82) is 0 Å². The third-order valence-electron chi connectivity index (χ3n) is 5.35. The van der Waals surface area contributed by atoms with Crippen LogP contribution in [0.5, 0.6) is 0 Å². The summed E-state index contributed by atoms with van der Waals surface area (Å²) in [4.78, 5) is 48.4. The van der Waals surface area contributed by atoms with Crippen molar-refractivity contribution >= 4 is 63.1 Å². The Morgan fingerprint density at radius 2 is 2.24 bits per heavy atom. The molecule has 2 aliphatic heterocycles. The average Bonchev–Trinajstić information content (AvgIpc) is 3.40. The maximum absolute atomic E-state index is 12.9. The third-order valence-corrected chi connectivity index (χ3v) is 8.43. The largest absolute Gasteiger partial charge is 0.543 e. The van der Waals surface area contributed by atoms with E-state index in [1.54, 1.807) is 5.51 Å². The van der Waals surface area contributed by atoms with Crippen LogP contribution in [0.4, 0.5) is 5.13 Å². The van der Waals surface area contributed by atoms with Crippen LogP contribution in [0.25, 0.3) is 0 Å². The number of nitrogens with zero attached hydrogens (tertiary/aromatic N) is 4. The van der Waals surface area contributed by atoms with Crippen LogP contribution in [-0.4, -0.2) is 62.8 Å². The van der Waals surface area contributed by atoms with Crippen LogP contribution < -0.4 is 20.7 Å². The maximum Gasteiger partial charge on any atom is 0.276 e. The summed E-state index contributed by atoms with van der Waals surface area (Å²) in [6, 6.07) is -0.956. The fourth-order valence-electron chi connectivity index (χ4n) is 3.66. The molecule has 34 heavy (non-hydrogen) atoms. The van der Waals surface area contributed by atoms with Crippen molar-refractivity contribution in [2.45, 2.75) is 31.5 Å². The Labute approximate surface area is 205 Å². The smallest absolute Gasteiger partial charge is 0.276 e. The lowest BCUT2D eigenvalue weighted by Gasteiger charge is -2.50. The van der Waals surface area contributed by atoms with Gasteiger partial charge in [-0.05, 0) is 0 Å². The number of thioether (sulfide) groups is 1. The number of amides is 2. The van der Waals surface area contributed by atoms with Crippen molar-refractivity contribution in [3.63, 3.8) is 0 Å². The van der Waals surface area contributed by atoms with Crippen LogP contribution in [0.2, 0.25) is 0 Å². The highest BCUT2D eigenvalue weighted by molar-refractivity contribution is 8.00. The van der Waals surface area contributed by atoms with E-state index in [-0.39, 0.29) is 35.4 Å². The molecule has 0 spiro atoms. The fraction of sp³-hybridized carbons (Fsp3) is 0.368. The number of anilines is 1. The molecule has 0 aliphatic carbocycles. The summed E-state index contributed by atoms with van der Waals surface area (Å²) in [7, 11) is 1.27. The maximum atomic E-state index is 12.9. The molecule has 4 heterocycles. The molecule has 2 aromatic rings. The topological polar surface area (TPSA) is 174 Å². The molecule has 15 heteroatoms. The number of oxime groups is 1. The van der Waals surface area contributed by atoms with Gasteiger partial charge < -0.3 is 30.9 Å². The first-order chi connectivity index (χ1) is 16.3. The molecule has 1 fully saturated rings. The SMILES string of the molecule is CO/N=C(\C(=O)N[C@@H]1C(=O)N2C(C(=O)[O-])=C(C[n+]3csc(CO)c3C)CS[C@H]12)c1csc(N)n1. The molecular formula is C19H20N6O6S3. The number of aliphatic hydroxyl groups excluding tert-OH is 1. The third kappa shape index (κ3) is 4.26. The molecule has 0 aromatic carbocycles. The number of rotatable bonds is 8. The highest BCUT2D eigenvalue weighted by Crippen LogP contribution is 2.40. The van der Waals surface area contributed by atoms with Crippen molar-refractivity contribution in [2.24, 2.45) is 5.16 Å². The highest BCUT2D eigenvalue weighted by atomic mass is 32.2. The molecule has 0 bridgehead atoms. The van der Waals surface area contributed by atoms with Crippen LogP contribution >= 0.6 is 34.4 Å². The monoisotopic (exact) mass is 524 g/mol. The predicted molar refractivity (Wildman–Crippen MR) is 122 cm³/mol. The fourth-order valence-corrected chi connectivity index (χ4v) is 6.39. The number of aliphatic carboxylic acids is 1. The van der Waals surface area contributed by atoms with Crippen molar-refractivity contribution in [3.05, 3.63) is 38.4 Å². The lowest BCUT2D eigenvalue weighted by molar-refractivity contribution is -0.690. The molecule has 2 aliphatic rings. The quantitative estimate of drug-likeness (QED) is 0.158. The van der Waals surface area contributed by atoms with Gasteiger partial charge in [0.2, 0.25) is 5.51 Å². The van der Waals surface area contributed by atoms with Gasteiger partial charge in [-0.3, -0.25) is 14.5 Å². The van der Waals surface area contributed by atoms with Gasteiger partial charge in [0.15, 0.2) is 23.1 Å². The Bertz CT molecular complexity index is 1220. The van der Waals surface area contributed by atoms with E-state index in [9.17, 15) is 24.6 Å². The van der Waals surface area contributed by atoms with E-state index in [4.69, 9.17) is 10.6 Å². The van der Waals surface area contributed by atoms with Gasteiger partial charge in [0, 0.05) is 23.6 Å². The van der Waals surface area contributed by atoms with Crippen LogP contribution in [0, 0.1) is 6.92 Å². The number of β-lactam (4-membered cyclic amide) rings is 1. The van der Waals surface area contributed by atoms with Gasteiger partial charge in [-0.25, -0.2) is 4.98 Å². The number of fused-ring (bicyclic) bond motifs is 1. The Hall–Kier alpha value is -3.01. The van der Waals surface area contributed by atoms with Crippen molar-refractivity contribution < 1.29 is 34.0 Å². The second-order valence-corrected chi connectivity index (χ2v) is 10.2. The number of carbonyl (C=O) groups is 3. The summed E-state index contributed by atoms with van der Waals surface area (Å²) < 4.78 is 1.83. The number of carboxylic acid groups (broad SMARTS) is 1. The zero-order valence-corrected chi connectivity index (χ0v) is 20.5. The van der Waals surface area contributed by atoms with Crippen LogP contribution in [0.3, 0.4) is 0 Å². The zero-order valence-electron chi connectivity index (χ0n) is 18.0. The Morgan fingerprint density at radius 3 is 2.82 bits per heavy atom. The molecule has 2 atom stereocenters. The molecular weight excluding hydrogens is 504 g/mol. The zero-order chi connectivity index (χ0) is 24.6. The normalized spacial score (nSPS) is 20.1. The van der Waals surface area contributed by atoms with Crippen molar-refractivity contribution in [3.8, 4) is 0 Å². The molecule has 0 saturated carbocycles. The number of aliphatic hydroxyl groups is 1. The summed E-state index contributed by atoms with van der Waals surface area (Å²) in [6.45, 7) is 1.96. The number of nitrogens with one attached hydrogen (secondary N) is 1. The van der Waals surface area contributed by atoms with Gasteiger partial charge in [0.25, 0.3) is 11.8 Å². The first-order valence-corrected chi connectivity index (χ1v) is 12.7. The number of aromatic nitrogens is 2. The molecule has 180 valence electrons. The van der Waals surface area contributed by atoms with Crippen LogP contribution in [0.1, 0.15) is 16.3 Å². The van der Waals surface area contributed by atoms with Crippen LogP contribution in [-0.2, 0) is 32.4 Å². The summed E-state index contributed by atoms with van der Waals surface area (Å²) in [5, 5.41) is 28.8. The van der Waals surface area contributed by atoms with E-state index < -0.39 is 29.2 Å². The lowest BCUT2D eigenvalue weighted by atomic mass is 10.0. The minimum atomic E-state index is -1.46. The highest BCUT2D eigenvalue weighted by Gasteiger charge is 2.53. The average molecular weight is 525 g/mol. The number of nitrogen functional groups attached to an aromatic ring is 1. The van der Waals surface area contributed by atoms with E-state index in [2.05, 4.69) is 15.5 Å². The van der Waals surface area contributed by atoms with Gasteiger partial charge in [0.1, 0.15) is 29.1 Å². The van der Waals surface area contributed by atoms with Gasteiger partial charge in [-0.1, -0.05) is 16.5 Å². The van der Waals surface area contributed by atoms with Gasteiger partial charge in [-0.15, -0.1) is 23.1 Å². The van der Waals surface area contributed by atoms with Crippen molar-refractivity contribution in [1.82, 2.24) is 15.2 Å². The molecule has 2 amide bonds. The van der Waals surface area contributed by atoms with E-state index in [1.807, 2.05) is 11.5 Å². The number of carboxylic acids is 1. The second kappa shape index (κ2) is 9.69. The Kier molecular flexibility index (Phi) is 6.88. The number of hydrogen-bond acceptors (Lipinski definition) is 12. The molecule has 0 radical (unpaired) electrons. The van der Waals surface area contributed by atoms with Gasteiger partial charge in [-0.2, -0.15) is 4.57 Å². The Balaban J connectivity index is 1.54. The minimum Gasteiger partial charge on any atom is -0.543 e. The molecule has 4 rings (SSSR count). The Morgan fingerprint density at radius 1 is 1.47 bits per heavy atom. The molecule has 2 aromatic heterocycles. The molecule has 1 saturated heterocycles.